The molecular weight excluding hydrogens is 242 g/mol. The quantitative estimate of drug-likeness (QED) is 0.687. The molecule has 4 N–H and O–H groups in total. The number of nitrogens with two attached hydrogens (primary N) is 1. The van der Waals surface area contributed by atoms with E-state index in [4.69, 9.17) is 5.73 Å². The van der Waals surface area contributed by atoms with E-state index < -0.39 is 0 Å². The number of aliphatic hydroxyl groups is 1. The maximum atomic E-state index is 9.54. The average molecular weight is 265 g/mol. The molecule has 2 aliphatic rings. The molecule has 0 amide bonds. The highest BCUT2D eigenvalue weighted by Gasteiger charge is 2.33. The van der Waals surface area contributed by atoms with Crippen LogP contribution in [0.1, 0.15) is 24.6 Å². The highest BCUT2D eigenvalue weighted by atomic mass is 16.3. The number of piperidine rings is 1. The predicted octanol–water partition coefficient (Wildman–Crippen LogP) is -0.492. The molecule has 3 rings (SSSR count). The number of nitrogens with one attached hydrogen (secondary N) is 1. The average Bonchev–Trinajstić information content (AvgIpc) is 2.86. The number of nitrogens with zero attached hydrogens (tertiary/aromatic N) is 3. The van der Waals surface area contributed by atoms with Crippen LogP contribution < -0.4 is 5.73 Å². The van der Waals surface area contributed by atoms with E-state index in [0.717, 1.165) is 32.6 Å². The van der Waals surface area contributed by atoms with Gasteiger partial charge in [-0.3, -0.25) is 14.9 Å². The summed E-state index contributed by atoms with van der Waals surface area (Å²) >= 11 is 0. The van der Waals surface area contributed by atoms with Gasteiger partial charge in [-0.25, -0.2) is 0 Å². The van der Waals surface area contributed by atoms with Crippen LogP contribution in [0.25, 0.3) is 0 Å². The Kier molecular flexibility index (Phi) is 3.58. The SMILES string of the molecule is C[C@H](O)CN1C[C@@H](N)C[C@@H](N2Cc3cn[nH]c3C2)C1. The summed E-state index contributed by atoms with van der Waals surface area (Å²) in [4.78, 5) is 4.76. The molecule has 3 heterocycles. The van der Waals surface area contributed by atoms with E-state index in [1.807, 2.05) is 13.1 Å². The molecule has 0 bridgehead atoms. The van der Waals surface area contributed by atoms with Gasteiger partial charge < -0.3 is 10.8 Å². The Morgan fingerprint density at radius 1 is 1.53 bits per heavy atom. The molecule has 1 aromatic rings. The van der Waals surface area contributed by atoms with E-state index in [0.29, 0.717) is 12.6 Å². The van der Waals surface area contributed by atoms with Gasteiger partial charge in [0.2, 0.25) is 0 Å². The fraction of sp³-hybridized carbons (Fsp3) is 0.769. The molecule has 0 unspecified atom stereocenters. The first-order chi connectivity index (χ1) is 9.11. The second-order valence-corrected chi connectivity index (χ2v) is 6.00. The molecule has 2 aliphatic heterocycles. The number of likely N-dealkylation sites (tertiary alicyclic amines) is 1. The first-order valence-corrected chi connectivity index (χ1v) is 7.03. The number of aliphatic hydroxyl groups excluding tert-OH is 1. The van der Waals surface area contributed by atoms with Crippen LogP contribution in [0.5, 0.6) is 0 Å². The fourth-order valence-electron chi connectivity index (χ4n) is 3.34. The van der Waals surface area contributed by atoms with Gasteiger partial charge in [0, 0.05) is 50.4 Å². The van der Waals surface area contributed by atoms with Crippen molar-refractivity contribution < 1.29 is 5.11 Å². The Hall–Kier alpha value is -0.950. The molecule has 0 spiro atoms. The summed E-state index contributed by atoms with van der Waals surface area (Å²) in [7, 11) is 0. The Balaban J connectivity index is 1.63. The van der Waals surface area contributed by atoms with Gasteiger partial charge in [0.25, 0.3) is 0 Å². The molecule has 106 valence electrons. The molecule has 0 aliphatic carbocycles. The second kappa shape index (κ2) is 5.20. The molecule has 6 heteroatoms. The van der Waals surface area contributed by atoms with Crippen LogP contribution in [-0.4, -0.2) is 62.9 Å². The van der Waals surface area contributed by atoms with Crippen LogP contribution in [0.3, 0.4) is 0 Å². The summed E-state index contributed by atoms with van der Waals surface area (Å²) in [5.74, 6) is 0. The van der Waals surface area contributed by atoms with Crippen LogP contribution in [0.4, 0.5) is 0 Å². The Morgan fingerprint density at radius 3 is 3.11 bits per heavy atom. The first kappa shape index (κ1) is 13.1. The minimum absolute atomic E-state index is 0.203. The van der Waals surface area contributed by atoms with Crippen LogP contribution in [-0.2, 0) is 13.1 Å². The van der Waals surface area contributed by atoms with Crippen molar-refractivity contribution in [2.75, 3.05) is 19.6 Å². The number of hydrogen-bond donors (Lipinski definition) is 3. The van der Waals surface area contributed by atoms with Gasteiger partial charge in [-0.1, -0.05) is 0 Å². The van der Waals surface area contributed by atoms with E-state index >= 15 is 0 Å². The fourth-order valence-corrected chi connectivity index (χ4v) is 3.34. The molecule has 3 atom stereocenters. The zero-order valence-corrected chi connectivity index (χ0v) is 11.4. The van der Waals surface area contributed by atoms with Gasteiger partial charge in [-0.15, -0.1) is 0 Å². The summed E-state index contributed by atoms with van der Waals surface area (Å²) in [6.07, 6.45) is 2.67. The lowest BCUT2D eigenvalue weighted by Gasteiger charge is -2.40. The number of H-pyrrole nitrogens is 1. The van der Waals surface area contributed by atoms with Crippen molar-refractivity contribution in [2.45, 2.75) is 44.6 Å². The maximum Gasteiger partial charge on any atom is 0.0639 e. The Morgan fingerprint density at radius 2 is 2.37 bits per heavy atom. The highest BCUT2D eigenvalue weighted by molar-refractivity contribution is 5.21. The summed E-state index contributed by atoms with van der Waals surface area (Å²) < 4.78 is 0. The van der Waals surface area contributed by atoms with Crippen molar-refractivity contribution in [1.82, 2.24) is 20.0 Å². The number of hydrogen-bond acceptors (Lipinski definition) is 5. The minimum atomic E-state index is -0.290. The van der Waals surface area contributed by atoms with Crippen LogP contribution >= 0.6 is 0 Å². The number of fused-ring (bicyclic) bond motifs is 1. The molecule has 1 saturated heterocycles. The second-order valence-electron chi connectivity index (χ2n) is 6.00. The topological polar surface area (TPSA) is 81.4 Å². The highest BCUT2D eigenvalue weighted by Crippen LogP contribution is 2.26. The van der Waals surface area contributed by atoms with Crippen molar-refractivity contribution in [3.05, 3.63) is 17.5 Å². The predicted molar refractivity (Wildman–Crippen MR) is 72.3 cm³/mol. The summed E-state index contributed by atoms with van der Waals surface area (Å²) in [5, 5.41) is 16.7. The minimum Gasteiger partial charge on any atom is -0.392 e. The monoisotopic (exact) mass is 265 g/mol. The molecule has 19 heavy (non-hydrogen) atoms. The van der Waals surface area contributed by atoms with Gasteiger partial charge in [-0.05, 0) is 13.3 Å². The van der Waals surface area contributed by atoms with Gasteiger partial charge in [0.1, 0.15) is 0 Å². The smallest absolute Gasteiger partial charge is 0.0639 e. The summed E-state index contributed by atoms with van der Waals surface area (Å²) in [6.45, 7) is 6.34. The lowest BCUT2D eigenvalue weighted by molar-refractivity contribution is 0.0536. The van der Waals surface area contributed by atoms with Crippen molar-refractivity contribution in [3.63, 3.8) is 0 Å². The van der Waals surface area contributed by atoms with Gasteiger partial charge in [-0.2, -0.15) is 5.10 Å². The molecular formula is C13H23N5O. The number of rotatable bonds is 3. The molecule has 1 aromatic heterocycles. The van der Waals surface area contributed by atoms with E-state index in [-0.39, 0.29) is 12.1 Å². The normalized spacial score (nSPS) is 30.5. The Labute approximate surface area is 113 Å². The largest absolute Gasteiger partial charge is 0.392 e. The van der Waals surface area contributed by atoms with Crippen LogP contribution in [0.15, 0.2) is 6.20 Å². The zero-order chi connectivity index (χ0) is 13.4. The lowest BCUT2D eigenvalue weighted by Crippen LogP contribution is -2.55. The number of aromatic amines is 1. The molecule has 6 nitrogen and oxygen atoms in total. The first-order valence-electron chi connectivity index (χ1n) is 7.03. The maximum absolute atomic E-state index is 9.54. The van der Waals surface area contributed by atoms with Gasteiger partial charge >= 0.3 is 0 Å². The van der Waals surface area contributed by atoms with Crippen molar-refractivity contribution in [2.24, 2.45) is 5.73 Å². The van der Waals surface area contributed by atoms with Crippen molar-refractivity contribution in [3.8, 4) is 0 Å². The molecule has 0 aromatic carbocycles. The van der Waals surface area contributed by atoms with Crippen molar-refractivity contribution in [1.29, 1.82) is 0 Å². The van der Waals surface area contributed by atoms with Crippen LogP contribution in [0.2, 0.25) is 0 Å². The third-order valence-corrected chi connectivity index (χ3v) is 4.12. The molecule has 0 radical (unpaired) electrons. The summed E-state index contributed by atoms with van der Waals surface area (Å²) in [5.41, 5.74) is 8.71. The zero-order valence-electron chi connectivity index (χ0n) is 11.4. The standard InChI is InChI=1S/C13H23N5O/c1-9(19)4-17-6-11(14)2-12(7-17)18-5-10-3-15-16-13(10)8-18/h3,9,11-12,19H,2,4-8,14H2,1H3,(H,15,16)/t9-,11-,12+/m0/s1. The van der Waals surface area contributed by atoms with Gasteiger partial charge in [0.15, 0.2) is 0 Å². The Bertz CT molecular complexity index is 410. The van der Waals surface area contributed by atoms with E-state index in [1.54, 1.807) is 0 Å². The van der Waals surface area contributed by atoms with E-state index in [9.17, 15) is 5.11 Å². The number of aromatic nitrogens is 2. The third-order valence-electron chi connectivity index (χ3n) is 4.12. The van der Waals surface area contributed by atoms with Crippen molar-refractivity contribution >= 4 is 0 Å². The lowest BCUT2D eigenvalue weighted by atomic mass is 10.00. The van der Waals surface area contributed by atoms with Gasteiger partial charge in [0.05, 0.1) is 18.0 Å². The van der Waals surface area contributed by atoms with Crippen LogP contribution in [0, 0.1) is 0 Å². The summed E-state index contributed by atoms with van der Waals surface area (Å²) in [6, 6.07) is 0.679. The van der Waals surface area contributed by atoms with E-state index in [1.165, 1.54) is 11.3 Å². The molecule has 1 fully saturated rings. The molecule has 0 saturated carbocycles. The number of β-amino-alcohol motifs (C(OH)–C–C–N with tert-alkyl or cyclic N) is 1. The third kappa shape index (κ3) is 2.81. The van der Waals surface area contributed by atoms with E-state index in [2.05, 4.69) is 20.0 Å².